The van der Waals surface area contributed by atoms with E-state index in [1.807, 2.05) is 76.2 Å². The zero-order valence-corrected chi connectivity index (χ0v) is 33.2. The molecule has 54 heavy (non-hydrogen) atoms. The number of unbranched alkanes of at least 4 members (excludes halogenated alkanes) is 1. The van der Waals surface area contributed by atoms with Gasteiger partial charge in [-0.1, -0.05) is 69.5 Å². The number of sulfonamides is 1. The molecule has 4 aromatic carbocycles. The van der Waals surface area contributed by atoms with Gasteiger partial charge >= 0.3 is 0 Å². The van der Waals surface area contributed by atoms with E-state index in [0.29, 0.717) is 62.1 Å². The quantitative estimate of drug-likeness (QED) is 0.0786. The summed E-state index contributed by atoms with van der Waals surface area (Å²) in [5.74, 6) is 0.731. The zero-order valence-electron chi connectivity index (χ0n) is 31.5. The fraction of sp³-hybridized carbons (Fsp3) is 0.279. The van der Waals surface area contributed by atoms with Crippen LogP contribution in [0.5, 0.6) is 0 Å². The Hall–Kier alpha value is -4.81. The molecule has 1 aliphatic carbocycles. The van der Waals surface area contributed by atoms with Crippen LogP contribution in [0.2, 0.25) is 0 Å². The molecule has 0 saturated heterocycles. The van der Waals surface area contributed by atoms with Crippen molar-refractivity contribution in [3.63, 3.8) is 0 Å². The summed E-state index contributed by atoms with van der Waals surface area (Å²) < 4.78 is 71.5. The van der Waals surface area contributed by atoms with Gasteiger partial charge in [0.2, 0.25) is 10.0 Å². The van der Waals surface area contributed by atoms with Crippen LogP contribution in [-0.4, -0.2) is 27.9 Å². The van der Waals surface area contributed by atoms with Crippen molar-refractivity contribution in [2.24, 2.45) is 10.9 Å². The van der Waals surface area contributed by atoms with Crippen LogP contribution in [0, 0.1) is 33.6 Å². The molecule has 1 unspecified atom stereocenters. The van der Waals surface area contributed by atoms with Gasteiger partial charge in [0.25, 0.3) is 10.1 Å². The number of rotatable bonds is 13. The monoisotopic (exact) mass is 765 g/mol. The largest absolute Gasteiger partial charge is 0.456 e. The molecule has 282 valence electrons. The third-order valence-electron chi connectivity index (χ3n) is 10.0. The number of fused-ring (bicyclic) bond motifs is 2. The first kappa shape index (κ1) is 38.9. The summed E-state index contributed by atoms with van der Waals surface area (Å²) >= 11 is 0. The summed E-state index contributed by atoms with van der Waals surface area (Å²) in [6, 6.07) is 26.8. The zero-order chi connectivity index (χ0) is 38.8. The molecule has 0 bridgehead atoms. The normalized spacial score (nSPS) is 13.1. The van der Waals surface area contributed by atoms with Gasteiger partial charge in [0.05, 0.1) is 15.9 Å². The van der Waals surface area contributed by atoms with E-state index in [0.717, 1.165) is 48.2 Å². The maximum absolute atomic E-state index is 13.3. The van der Waals surface area contributed by atoms with Crippen LogP contribution in [0.25, 0.3) is 33.4 Å². The molecule has 9 nitrogen and oxygen atoms in total. The first-order valence-corrected chi connectivity index (χ1v) is 21.2. The Labute approximate surface area is 318 Å². The molecule has 0 spiro atoms. The van der Waals surface area contributed by atoms with Gasteiger partial charge in [-0.05, 0) is 105 Å². The number of nitrogens with one attached hydrogen (secondary N) is 2. The maximum Gasteiger partial charge on any atom is 0.295 e. The van der Waals surface area contributed by atoms with Gasteiger partial charge in [0, 0.05) is 52.1 Å². The van der Waals surface area contributed by atoms with E-state index in [2.05, 4.69) is 23.9 Å². The van der Waals surface area contributed by atoms with Crippen LogP contribution in [0.4, 0.5) is 17.1 Å². The first-order valence-electron chi connectivity index (χ1n) is 18.3. The molecule has 1 heterocycles. The fourth-order valence-corrected chi connectivity index (χ4v) is 8.99. The van der Waals surface area contributed by atoms with Crippen molar-refractivity contribution in [2.45, 2.75) is 77.0 Å². The molecule has 0 aromatic heterocycles. The second kappa shape index (κ2) is 15.9. The van der Waals surface area contributed by atoms with E-state index in [9.17, 15) is 21.4 Å². The number of hydrogen-bond donors (Lipinski definition) is 3. The number of anilines is 2. The molecule has 0 radical (unpaired) electrons. The van der Waals surface area contributed by atoms with Gasteiger partial charge in [0.1, 0.15) is 16.2 Å². The Morgan fingerprint density at radius 3 is 2.15 bits per heavy atom. The first-order chi connectivity index (χ1) is 25.7. The lowest BCUT2D eigenvalue weighted by molar-refractivity contribution is 0.443. The molecule has 0 fully saturated rings. The molecule has 4 aromatic rings. The molecule has 2 aliphatic rings. The summed E-state index contributed by atoms with van der Waals surface area (Å²) in [6.07, 6.45) is 4.03. The van der Waals surface area contributed by atoms with Gasteiger partial charge in [-0.2, -0.15) is 8.42 Å². The van der Waals surface area contributed by atoms with Gasteiger partial charge < -0.3 is 9.73 Å². The van der Waals surface area contributed by atoms with Crippen molar-refractivity contribution in [1.82, 2.24) is 4.72 Å². The predicted octanol–water partition coefficient (Wildman–Crippen LogP) is 10.2. The highest BCUT2D eigenvalue weighted by Crippen LogP contribution is 2.43. The molecule has 11 heteroatoms. The Balaban J connectivity index is 1.47. The smallest absolute Gasteiger partial charge is 0.295 e. The summed E-state index contributed by atoms with van der Waals surface area (Å²) in [7, 11) is -8.29. The summed E-state index contributed by atoms with van der Waals surface area (Å²) in [4.78, 5) is 4.93. The van der Waals surface area contributed by atoms with Crippen LogP contribution in [-0.2, 0) is 20.1 Å². The second-order valence-electron chi connectivity index (χ2n) is 14.0. The highest BCUT2D eigenvalue weighted by molar-refractivity contribution is 7.89. The number of para-hydroxylation sites is 1. The molecule has 0 saturated carbocycles. The third-order valence-corrected chi connectivity index (χ3v) is 12.3. The van der Waals surface area contributed by atoms with Crippen LogP contribution >= 0.6 is 0 Å². The summed E-state index contributed by atoms with van der Waals surface area (Å²) in [6.45, 7) is 12.4. The minimum absolute atomic E-state index is 0.203. The lowest BCUT2D eigenvalue weighted by Crippen LogP contribution is -2.29. The Kier molecular flexibility index (Phi) is 11.4. The maximum atomic E-state index is 13.3. The van der Waals surface area contributed by atoms with Crippen LogP contribution < -0.4 is 15.4 Å². The van der Waals surface area contributed by atoms with E-state index >= 15 is 0 Å². The highest BCUT2D eigenvalue weighted by atomic mass is 32.2. The molecular formula is C43H47N3O6S2. The molecule has 1 atom stereocenters. The highest BCUT2D eigenvalue weighted by Gasteiger charge is 2.24. The standard InChI is InChI=1S/C43H47N3O6S2/c1-7-9-15-31(8-2)26-44-53(47,48)34-22-29(5)43(30(6)23-34)46-33-19-21-36-39(25-33)52-38-24-32(45-42-27(3)13-12-14-28(42)4)18-20-35(38)41(36)37-16-10-11-17-40(37)54(49,50)51/h10-14,16-25,31,44-45H,7-9,15,26H2,1-6H3,(H,49,50,51)/b46-33+. The minimum Gasteiger partial charge on any atom is -0.456 e. The SMILES string of the molecule is CCCCC(CC)CNS(=O)(=O)c1cc(C)c(/N=c2\ccc3c(-c4ccccc4S(=O)(=O)O)c4ccc(Nc5c(C)cccc5C)cc4oc-3c2)c(C)c1. The number of benzene rings is 5. The molecule has 0 amide bonds. The van der Waals surface area contributed by atoms with E-state index in [-0.39, 0.29) is 15.7 Å². The topological polar surface area (TPSA) is 138 Å². The van der Waals surface area contributed by atoms with Gasteiger partial charge in [-0.25, -0.2) is 18.1 Å². The van der Waals surface area contributed by atoms with Crippen molar-refractivity contribution in [1.29, 1.82) is 0 Å². The average Bonchev–Trinajstić information content (AvgIpc) is 3.13. The van der Waals surface area contributed by atoms with Crippen LogP contribution in [0.3, 0.4) is 0 Å². The van der Waals surface area contributed by atoms with Crippen LogP contribution in [0.1, 0.15) is 61.8 Å². The van der Waals surface area contributed by atoms with Crippen molar-refractivity contribution < 1.29 is 25.8 Å². The van der Waals surface area contributed by atoms with E-state index in [1.165, 1.54) is 6.07 Å². The van der Waals surface area contributed by atoms with Crippen molar-refractivity contribution >= 4 is 48.2 Å². The number of aryl methyl sites for hydroxylation is 4. The average molecular weight is 766 g/mol. The minimum atomic E-state index is -4.57. The van der Waals surface area contributed by atoms with E-state index in [4.69, 9.17) is 9.41 Å². The summed E-state index contributed by atoms with van der Waals surface area (Å²) in [5, 5.41) is 4.73. The van der Waals surface area contributed by atoms with Crippen molar-refractivity contribution in [3.05, 3.63) is 119 Å². The van der Waals surface area contributed by atoms with Gasteiger partial charge in [-0.15, -0.1) is 0 Å². The fourth-order valence-electron chi connectivity index (χ4n) is 7.00. The third kappa shape index (κ3) is 8.29. The Morgan fingerprint density at radius 2 is 1.48 bits per heavy atom. The Bertz CT molecular complexity index is 2570. The molecule has 3 N–H and O–H groups in total. The molecule has 6 rings (SSSR count). The van der Waals surface area contributed by atoms with Gasteiger partial charge in [-0.3, -0.25) is 4.55 Å². The molecule has 1 aliphatic heterocycles. The van der Waals surface area contributed by atoms with E-state index in [1.54, 1.807) is 36.4 Å². The number of hydrogen-bond acceptors (Lipinski definition) is 7. The second-order valence-corrected chi connectivity index (χ2v) is 17.2. The molecular weight excluding hydrogens is 719 g/mol. The number of nitrogens with zero attached hydrogens (tertiary/aromatic N) is 1. The lowest BCUT2D eigenvalue weighted by atomic mass is 9.93. The van der Waals surface area contributed by atoms with Gasteiger partial charge in [0.15, 0.2) is 0 Å². The lowest BCUT2D eigenvalue weighted by Gasteiger charge is -2.18. The van der Waals surface area contributed by atoms with E-state index < -0.39 is 20.1 Å². The van der Waals surface area contributed by atoms with Crippen molar-refractivity contribution in [2.75, 3.05) is 11.9 Å². The van der Waals surface area contributed by atoms with Crippen molar-refractivity contribution in [3.8, 4) is 22.5 Å². The summed E-state index contributed by atoms with van der Waals surface area (Å²) in [5.41, 5.74) is 8.00. The Morgan fingerprint density at radius 1 is 0.778 bits per heavy atom. The van der Waals surface area contributed by atoms with Crippen LogP contribution in [0.15, 0.2) is 110 Å². The predicted molar refractivity (Wildman–Crippen MR) is 217 cm³/mol.